The summed E-state index contributed by atoms with van der Waals surface area (Å²) in [5.74, 6) is -0.402. The van der Waals surface area contributed by atoms with E-state index in [-0.39, 0.29) is 23.7 Å². The van der Waals surface area contributed by atoms with E-state index in [0.29, 0.717) is 6.42 Å². The summed E-state index contributed by atoms with van der Waals surface area (Å²) >= 11 is 0. The summed E-state index contributed by atoms with van der Waals surface area (Å²) in [6.45, 7) is 0. The summed E-state index contributed by atoms with van der Waals surface area (Å²) in [4.78, 5) is 11.5. The number of benzene rings is 1. The van der Waals surface area contributed by atoms with Gasteiger partial charge < -0.3 is 15.6 Å². The number of carbonyl (C=O) groups excluding carboxylic acids is 1. The molecule has 1 aromatic carbocycles. The number of fused-ring (bicyclic) bond motifs is 1. The number of carbonyl (C=O) groups is 1. The predicted molar refractivity (Wildman–Crippen MR) is 58.9 cm³/mol. The van der Waals surface area contributed by atoms with Gasteiger partial charge in [0.25, 0.3) is 0 Å². The monoisotopic (exact) mass is 221 g/mol. The largest absolute Gasteiger partial charge is 0.508 e. The number of rotatable bonds is 1. The van der Waals surface area contributed by atoms with Gasteiger partial charge >= 0.3 is 5.97 Å². The average Bonchev–Trinajstić information content (AvgIpc) is 2.29. The van der Waals surface area contributed by atoms with Crippen molar-refractivity contribution in [3.05, 3.63) is 29.3 Å². The number of methoxy groups -OCH3 is 1. The van der Waals surface area contributed by atoms with E-state index in [0.717, 1.165) is 17.5 Å². The van der Waals surface area contributed by atoms with Crippen LogP contribution in [0, 0.1) is 5.92 Å². The number of hydrogen-bond donors (Lipinski definition) is 2. The molecule has 0 saturated heterocycles. The minimum Gasteiger partial charge on any atom is -0.508 e. The molecule has 1 aromatic rings. The highest BCUT2D eigenvalue weighted by Gasteiger charge is 2.32. The lowest BCUT2D eigenvalue weighted by Crippen LogP contribution is -2.33. The van der Waals surface area contributed by atoms with E-state index in [9.17, 15) is 9.90 Å². The molecule has 3 N–H and O–H groups in total. The number of phenolic OH excluding ortho intramolecular Hbond substituents is 1. The van der Waals surface area contributed by atoms with Crippen LogP contribution in [0.15, 0.2) is 18.2 Å². The topological polar surface area (TPSA) is 72.5 Å². The first kappa shape index (κ1) is 11.0. The molecule has 0 radical (unpaired) electrons. The van der Waals surface area contributed by atoms with Crippen molar-refractivity contribution >= 4 is 5.97 Å². The van der Waals surface area contributed by atoms with E-state index >= 15 is 0 Å². The maximum absolute atomic E-state index is 11.5. The maximum atomic E-state index is 11.5. The zero-order chi connectivity index (χ0) is 11.7. The van der Waals surface area contributed by atoms with Crippen LogP contribution in [0.2, 0.25) is 0 Å². The Hall–Kier alpha value is -1.55. The first-order valence-electron chi connectivity index (χ1n) is 5.28. The van der Waals surface area contributed by atoms with Gasteiger partial charge in [0.1, 0.15) is 5.75 Å². The Morgan fingerprint density at radius 2 is 2.31 bits per heavy atom. The lowest BCUT2D eigenvalue weighted by molar-refractivity contribution is -0.146. The number of ether oxygens (including phenoxy) is 1. The van der Waals surface area contributed by atoms with Gasteiger partial charge in [-0.1, -0.05) is 6.07 Å². The molecule has 1 aliphatic carbocycles. The lowest BCUT2D eigenvalue weighted by atomic mass is 9.80. The molecule has 0 bridgehead atoms. The van der Waals surface area contributed by atoms with Crippen molar-refractivity contribution in [3.8, 4) is 5.75 Å². The highest BCUT2D eigenvalue weighted by Crippen LogP contribution is 2.35. The number of phenols is 1. The van der Waals surface area contributed by atoms with Crippen LogP contribution in [-0.2, 0) is 16.0 Å². The summed E-state index contributed by atoms with van der Waals surface area (Å²) in [6.07, 6.45) is 1.49. The van der Waals surface area contributed by atoms with E-state index < -0.39 is 0 Å². The standard InChI is InChI=1S/C12H15NO3/c1-16-12(15)9-5-3-7-2-4-8(14)6-10(7)11(9)13/h2,4,6,9,11,14H,3,5,13H2,1H3. The molecule has 0 amide bonds. The van der Waals surface area contributed by atoms with Gasteiger partial charge in [0.05, 0.1) is 13.0 Å². The smallest absolute Gasteiger partial charge is 0.310 e. The van der Waals surface area contributed by atoms with Crippen LogP contribution in [0.25, 0.3) is 0 Å². The lowest BCUT2D eigenvalue weighted by Gasteiger charge is -2.29. The van der Waals surface area contributed by atoms with Crippen LogP contribution in [0.4, 0.5) is 0 Å². The minimum atomic E-state index is -0.386. The average molecular weight is 221 g/mol. The zero-order valence-electron chi connectivity index (χ0n) is 9.14. The molecule has 0 saturated carbocycles. The van der Waals surface area contributed by atoms with E-state index in [4.69, 9.17) is 10.5 Å². The Kier molecular flexibility index (Phi) is 2.83. The molecular weight excluding hydrogens is 206 g/mol. The van der Waals surface area contributed by atoms with Crippen LogP contribution in [0.1, 0.15) is 23.6 Å². The van der Waals surface area contributed by atoms with Gasteiger partial charge in [-0.25, -0.2) is 0 Å². The summed E-state index contributed by atoms with van der Waals surface area (Å²) in [5, 5.41) is 9.42. The highest BCUT2D eigenvalue weighted by atomic mass is 16.5. The van der Waals surface area contributed by atoms with Crippen LogP contribution in [-0.4, -0.2) is 18.2 Å². The fraction of sp³-hybridized carbons (Fsp3) is 0.417. The molecule has 1 aliphatic rings. The van der Waals surface area contributed by atoms with Crippen LogP contribution >= 0.6 is 0 Å². The Morgan fingerprint density at radius 3 is 3.00 bits per heavy atom. The highest BCUT2D eigenvalue weighted by molar-refractivity contribution is 5.74. The first-order valence-corrected chi connectivity index (χ1v) is 5.28. The van der Waals surface area contributed by atoms with Crippen LogP contribution in [0.3, 0.4) is 0 Å². The number of aryl methyl sites for hydroxylation is 1. The molecule has 0 fully saturated rings. The van der Waals surface area contributed by atoms with Gasteiger partial charge in [0.2, 0.25) is 0 Å². The number of esters is 1. The zero-order valence-corrected chi connectivity index (χ0v) is 9.14. The van der Waals surface area contributed by atoms with Gasteiger partial charge in [0.15, 0.2) is 0 Å². The normalized spacial score (nSPS) is 23.6. The van der Waals surface area contributed by atoms with Crippen LogP contribution in [0.5, 0.6) is 5.75 Å². The first-order chi connectivity index (χ1) is 7.63. The van der Waals surface area contributed by atoms with Crippen molar-refractivity contribution in [1.82, 2.24) is 0 Å². The van der Waals surface area contributed by atoms with Gasteiger partial charge in [-0.05, 0) is 36.1 Å². The van der Waals surface area contributed by atoms with E-state index in [1.165, 1.54) is 7.11 Å². The van der Waals surface area contributed by atoms with Crippen molar-refractivity contribution in [2.24, 2.45) is 11.7 Å². The molecule has 2 atom stereocenters. The molecule has 16 heavy (non-hydrogen) atoms. The van der Waals surface area contributed by atoms with Crippen molar-refractivity contribution in [2.45, 2.75) is 18.9 Å². The van der Waals surface area contributed by atoms with Crippen molar-refractivity contribution in [1.29, 1.82) is 0 Å². The fourth-order valence-electron chi connectivity index (χ4n) is 2.24. The maximum Gasteiger partial charge on any atom is 0.310 e. The van der Waals surface area contributed by atoms with Crippen LogP contribution < -0.4 is 5.73 Å². The molecule has 86 valence electrons. The Balaban J connectivity index is 2.34. The van der Waals surface area contributed by atoms with Gasteiger partial charge in [-0.2, -0.15) is 0 Å². The SMILES string of the molecule is COC(=O)C1CCc2ccc(O)cc2C1N. The summed E-state index contributed by atoms with van der Waals surface area (Å²) in [7, 11) is 1.37. The van der Waals surface area contributed by atoms with E-state index in [1.807, 2.05) is 6.07 Å². The molecular formula is C12H15NO3. The summed E-state index contributed by atoms with van der Waals surface area (Å²) in [6, 6.07) is 4.75. The Morgan fingerprint density at radius 1 is 1.56 bits per heavy atom. The second-order valence-corrected chi connectivity index (χ2v) is 4.08. The quantitative estimate of drug-likeness (QED) is 0.697. The molecule has 2 rings (SSSR count). The number of nitrogens with two attached hydrogens (primary N) is 1. The predicted octanol–water partition coefficient (Wildman–Crippen LogP) is 1.13. The summed E-state index contributed by atoms with van der Waals surface area (Å²) < 4.78 is 4.72. The molecule has 4 heteroatoms. The van der Waals surface area contributed by atoms with Gasteiger partial charge in [-0.15, -0.1) is 0 Å². The molecule has 0 heterocycles. The third-order valence-corrected chi connectivity index (χ3v) is 3.15. The van der Waals surface area contributed by atoms with Gasteiger partial charge in [0, 0.05) is 6.04 Å². The third-order valence-electron chi connectivity index (χ3n) is 3.15. The van der Waals surface area contributed by atoms with E-state index in [1.54, 1.807) is 12.1 Å². The molecule has 4 nitrogen and oxygen atoms in total. The minimum absolute atomic E-state index is 0.180. The second-order valence-electron chi connectivity index (χ2n) is 4.08. The Bertz CT molecular complexity index is 417. The second kappa shape index (κ2) is 4.14. The fourth-order valence-corrected chi connectivity index (χ4v) is 2.24. The number of hydrogen-bond acceptors (Lipinski definition) is 4. The van der Waals surface area contributed by atoms with E-state index in [2.05, 4.69) is 0 Å². The molecule has 2 unspecified atom stereocenters. The molecule has 0 aromatic heterocycles. The molecule has 0 spiro atoms. The molecule has 0 aliphatic heterocycles. The third kappa shape index (κ3) is 1.76. The Labute approximate surface area is 94.0 Å². The van der Waals surface area contributed by atoms with Gasteiger partial charge in [-0.3, -0.25) is 4.79 Å². The number of aromatic hydroxyl groups is 1. The van der Waals surface area contributed by atoms with Crippen molar-refractivity contribution in [3.63, 3.8) is 0 Å². The van der Waals surface area contributed by atoms with Crippen molar-refractivity contribution in [2.75, 3.05) is 7.11 Å². The van der Waals surface area contributed by atoms with Crippen molar-refractivity contribution < 1.29 is 14.6 Å². The summed E-state index contributed by atoms with van der Waals surface area (Å²) in [5.41, 5.74) is 7.98.